The zero-order valence-corrected chi connectivity index (χ0v) is 13.4. The Morgan fingerprint density at radius 2 is 1.82 bits per heavy atom. The number of carbonyl (C=O) groups is 1. The number of rotatable bonds is 6. The van der Waals surface area contributed by atoms with Crippen LogP contribution in [0.2, 0.25) is 0 Å². The summed E-state index contributed by atoms with van der Waals surface area (Å²) in [6, 6.07) is 6.39. The van der Waals surface area contributed by atoms with Crippen LogP contribution in [0.3, 0.4) is 0 Å². The van der Waals surface area contributed by atoms with Crippen molar-refractivity contribution < 1.29 is 73.9 Å². The molecule has 0 aliphatic rings. The van der Waals surface area contributed by atoms with E-state index in [2.05, 4.69) is 0 Å². The molecule has 7 heteroatoms. The molecule has 0 atom stereocenters. The predicted molar refractivity (Wildman–Crippen MR) is 56.5 cm³/mol. The summed E-state index contributed by atoms with van der Waals surface area (Å²) in [5.74, 6) is 0.105. The second-order valence-electron chi connectivity index (χ2n) is 3.15. The molecule has 0 N–H and O–H groups in total. The Hall–Kier alpha value is 0.236. The molecule has 5 nitrogen and oxygen atoms in total. The number of hydrogen-bond acceptors (Lipinski definition) is 5. The largest absolute Gasteiger partial charge is 1.00 e. The van der Waals surface area contributed by atoms with Gasteiger partial charge in [-0.1, -0.05) is 0 Å². The zero-order chi connectivity index (χ0) is 12.0. The number of hydrogen-bond donors (Lipinski definition) is 0. The summed E-state index contributed by atoms with van der Waals surface area (Å²) in [5.41, 5.74) is 0.537. The van der Waals surface area contributed by atoms with Crippen molar-refractivity contribution in [3.63, 3.8) is 0 Å². The van der Waals surface area contributed by atoms with Gasteiger partial charge in [-0.15, -0.1) is 0 Å². The minimum Gasteiger partial charge on any atom is -0.748 e. The van der Waals surface area contributed by atoms with Gasteiger partial charge in [-0.2, -0.15) is 0 Å². The number of carbonyl (C=O) groups excluding carboxylic acids is 1. The molecule has 0 unspecified atom stereocenters. The van der Waals surface area contributed by atoms with E-state index in [0.717, 1.165) is 0 Å². The van der Waals surface area contributed by atoms with Crippen LogP contribution in [-0.2, 0) is 10.1 Å². The van der Waals surface area contributed by atoms with Crippen molar-refractivity contribution in [3.8, 4) is 5.75 Å². The van der Waals surface area contributed by atoms with Gasteiger partial charge in [-0.3, -0.25) is 4.79 Å². The summed E-state index contributed by atoms with van der Waals surface area (Å²) in [5, 5.41) is 0. The maximum atomic E-state index is 10.3. The van der Waals surface area contributed by atoms with E-state index in [4.69, 9.17) is 4.74 Å². The fraction of sp³-hybridized carbons (Fsp3) is 0.300. The van der Waals surface area contributed by atoms with Crippen LogP contribution < -0.4 is 56.1 Å². The third kappa shape index (κ3) is 8.04. The number of benzene rings is 1. The molecule has 0 radical (unpaired) electrons. The van der Waals surface area contributed by atoms with Crippen molar-refractivity contribution >= 4 is 16.4 Å². The summed E-state index contributed by atoms with van der Waals surface area (Å²) >= 11 is 0. The monoisotopic (exact) mass is 282 g/mol. The zero-order valence-electron chi connectivity index (χ0n) is 9.46. The first-order chi connectivity index (χ1) is 7.51. The average molecular weight is 282 g/mol. The molecule has 0 spiro atoms. The summed E-state index contributed by atoms with van der Waals surface area (Å²) in [6.07, 6.45) is 0.870. The van der Waals surface area contributed by atoms with Gasteiger partial charge in [0, 0.05) is 11.3 Å². The van der Waals surface area contributed by atoms with E-state index < -0.39 is 15.9 Å². The fourth-order valence-electron chi connectivity index (χ4n) is 1.07. The quantitative estimate of drug-likeness (QED) is 0.256. The molecule has 17 heavy (non-hydrogen) atoms. The third-order valence-electron chi connectivity index (χ3n) is 1.82. The molecule has 1 aromatic carbocycles. The first-order valence-electron chi connectivity index (χ1n) is 4.63. The van der Waals surface area contributed by atoms with E-state index in [0.29, 0.717) is 17.6 Å². The third-order valence-corrected chi connectivity index (χ3v) is 2.61. The Morgan fingerprint density at radius 3 is 2.29 bits per heavy atom. The van der Waals surface area contributed by atoms with Gasteiger partial charge in [-0.05, 0) is 30.7 Å². The first-order valence-corrected chi connectivity index (χ1v) is 6.20. The second kappa shape index (κ2) is 8.36. The maximum absolute atomic E-state index is 10.3. The molecule has 0 saturated carbocycles. The molecular weight excluding hydrogens is 271 g/mol. The van der Waals surface area contributed by atoms with E-state index in [9.17, 15) is 17.8 Å². The van der Waals surface area contributed by atoms with E-state index >= 15 is 0 Å². The van der Waals surface area contributed by atoms with Crippen LogP contribution in [0.25, 0.3) is 0 Å². The molecule has 0 amide bonds. The average Bonchev–Trinajstić information content (AvgIpc) is 2.24. The molecule has 0 heterocycles. The van der Waals surface area contributed by atoms with Crippen LogP contribution in [-0.4, -0.2) is 31.6 Å². The van der Waals surface area contributed by atoms with Crippen molar-refractivity contribution in [1.29, 1.82) is 0 Å². The standard InChI is InChI=1S/C10H12O5S.K/c11-8-9-2-4-10(5-3-9)15-6-1-7-16(12,13)14;/h2-5,8H,1,6-7H2,(H,12,13,14);/q;+1/p-1. The molecule has 0 aliphatic carbocycles. The summed E-state index contributed by atoms with van der Waals surface area (Å²) in [6.45, 7) is 0.155. The van der Waals surface area contributed by atoms with Crippen molar-refractivity contribution in [2.75, 3.05) is 12.4 Å². The van der Waals surface area contributed by atoms with E-state index in [1.165, 1.54) is 0 Å². The molecule has 0 saturated heterocycles. The van der Waals surface area contributed by atoms with Crippen LogP contribution in [0.1, 0.15) is 16.8 Å². The second-order valence-corrected chi connectivity index (χ2v) is 4.67. The van der Waals surface area contributed by atoms with E-state index in [1.807, 2.05) is 0 Å². The fourth-order valence-corrected chi connectivity index (χ4v) is 1.54. The Morgan fingerprint density at radius 1 is 1.24 bits per heavy atom. The number of aldehydes is 1. The van der Waals surface area contributed by atoms with Crippen LogP contribution in [0.15, 0.2) is 24.3 Å². The normalized spacial score (nSPS) is 10.4. The molecule has 0 aromatic heterocycles. The Bertz CT molecular complexity index is 440. The van der Waals surface area contributed by atoms with Crippen molar-refractivity contribution in [2.24, 2.45) is 0 Å². The first kappa shape index (κ1) is 17.2. The van der Waals surface area contributed by atoms with Crippen molar-refractivity contribution in [2.45, 2.75) is 6.42 Å². The molecule has 0 bridgehead atoms. The topological polar surface area (TPSA) is 83.5 Å². The molecule has 88 valence electrons. The van der Waals surface area contributed by atoms with E-state index in [1.54, 1.807) is 24.3 Å². The Kier molecular flexibility index (Phi) is 8.47. The maximum Gasteiger partial charge on any atom is 1.00 e. The Balaban J connectivity index is 0.00000256. The van der Waals surface area contributed by atoms with Gasteiger partial charge >= 0.3 is 51.4 Å². The SMILES string of the molecule is O=Cc1ccc(OCCCS(=O)(=O)[O-])cc1.[K+]. The molecule has 0 fully saturated rings. The minimum absolute atomic E-state index is 0. The van der Waals surface area contributed by atoms with Crippen molar-refractivity contribution in [3.05, 3.63) is 29.8 Å². The predicted octanol–water partition coefficient (Wildman–Crippen LogP) is -2.18. The molecule has 0 aliphatic heterocycles. The minimum atomic E-state index is -4.17. The van der Waals surface area contributed by atoms with Crippen molar-refractivity contribution in [1.82, 2.24) is 0 Å². The van der Waals surface area contributed by atoms with Gasteiger partial charge in [0.2, 0.25) is 0 Å². The van der Waals surface area contributed by atoms with Gasteiger partial charge in [0.25, 0.3) is 0 Å². The van der Waals surface area contributed by atoms with Crippen LogP contribution in [0, 0.1) is 0 Å². The van der Waals surface area contributed by atoms with E-state index in [-0.39, 0.29) is 64.4 Å². The summed E-state index contributed by atoms with van der Waals surface area (Å²) in [7, 11) is -4.17. The summed E-state index contributed by atoms with van der Waals surface area (Å²) in [4.78, 5) is 10.3. The number of ether oxygens (including phenoxy) is 1. The van der Waals surface area contributed by atoms with Gasteiger partial charge in [0.15, 0.2) is 0 Å². The smallest absolute Gasteiger partial charge is 0.748 e. The van der Waals surface area contributed by atoms with Crippen LogP contribution in [0.5, 0.6) is 5.75 Å². The van der Waals surface area contributed by atoms with Gasteiger partial charge in [-0.25, -0.2) is 8.42 Å². The summed E-state index contributed by atoms with van der Waals surface area (Å²) < 4.78 is 36.0. The van der Waals surface area contributed by atoms with Gasteiger partial charge in [0.1, 0.15) is 12.0 Å². The van der Waals surface area contributed by atoms with Crippen LogP contribution >= 0.6 is 0 Å². The molecule has 1 aromatic rings. The van der Waals surface area contributed by atoms with Gasteiger partial charge in [0.05, 0.1) is 16.7 Å². The van der Waals surface area contributed by atoms with Gasteiger partial charge < -0.3 is 9.29 Å². The molecular formula is C10H11KO5S. The molecule has 1 rings (SSSR count). The van der Waals surface area contributed by atoms with Crippen LogP contribution in [0.4, 0.5) is 0 Å². The Labute approximate surface area is 143 Å².